The van der Waals surface area contributed by atoms with Gasteiger partial charge in [-0.25, -0.2) is 9.97 Å². The maximum absolute atomic E-state index is 4.58. The van der Waals surface area contributed by atoms with Crippen molar-refractivity contribution in [1.29, 1.82) is 0 Å². The highest BCUT2D eigenvalue weighted by Gasteiger charge is 2.09. The van der Waals surface area contributed by atoms with Gasteiger partial charge in [-0.05, 0) is 26.3 Å². The third-order valence-electron chi connectivity index (χ3n) is 3.25. The Kier molecular flexibility index (Phi) is 5.14. The van der Waals surface area contributed by atoms with Gasteiger partial charge in [0.2, 0.25) is 0 Å². The number of aryl methyl sites for hydroxylation is 2. The number of aromatic nitrogens is 4. The number of nitrogens with one attached hydrogen (secondary N) is 2. The number of rotatable bonds is 7. The van der Waals surface area contributed by atoms with Crippen LogP contribution in [-0.4, -0.2) is 32.8 Å². The Hall–Kier alpha value is -2.11. The fourth-order valence-electron chi connectivity index (χ4n) is 2.11. The zero-order chi connectivity index (χ0) is 15.2. The van der Waals surface area contributed by atoms with E-state index < -0.39 is 0 Å². The molecular formula is C15H24N6. The Bertz CT molecular complexity index is 590. The van der Waals surface area contributed by atoms with E-state index in [4.69, 9.17) is 0 Å². The molecule has 2 heterocycles. The summed E-state index contributed by atoms with van der Waals surface area (Å²) in [7, 11) is 0. The molecule has 2 rings (SSSR count). The molecule has 0 aromatic carbocycles. The molecule has 0 radical (unpaired) electrons. The first-order valence-electron chi connectivity index (χ1n) is 7.48. The minimum absolute atomic E-state index is 0.785. The fourth-order valence-corrected chi connectivity index (χ4v) is 2.11. The van der Waals surface area contributed by atoms with Gasteiger partial charge in [-0.1, -0.05) is 6.92 Å². The lowest BCUT2D eigenvalue weighted by molar-refractivity contribution is 0.636. The van der Waals surface area contributed by atoms with E-state index in [0.29, 0.717) is 0 Å². The van der Waals surface area contributed by atoms with Crippen molar-refractivity contribution in [3.8, 4) is 0 Å². The van der Waals surface area contributed by atoms with E-state index in [1.807, 2.05) is 30.9 Å². The average molecular weight is 288 g/mol. The molecule has 2 aromatic heterocycles. The van der Waals surface area contributed by atoms with Gasteiger partial charge in [0.25, 0.3) is 0 Å². The van der Waals surface area contributed by atoms with Crippen LogP contribution in [0.5, 0.6) is 0 Å². The van der Waals surface area contributed by atoms with E-state index in [1.165, 1.54) is 5.56 Å². The molecule has 0 saturated carbocycles. The van der Waals surface area contributed by atoms with E-state index in [9.17, 15) is 0 Å². The van der Waals surface area contributed by atoms with Crippen LogP contribution in [0.3, 0.4) is 0 Å². The van der Waals surface area contributed by atoms with Crippen molar-refractivity contribution >= 4 is 11.6 Å². The number of anilines is 2. The summed E-state index contributed by atoms with van der Waals surface area (Å²) in [6.07, 6.45) is 4.73. The predicted octanol–water partition coefficient (Wildman–Crippen LogP) is 2.40. The topological polar surface area (TPSA) is 67.7 Å². The van der Waals surface area contributed by atoms with Crippen molar-refractivity contribution in [2.75, 3.05) is 23.7 Å². The van der Waals surface area contributed by atoms with Crippen molar-refractivity contribution in [2.45, 2.75) is 40.7 Å². The molecule has 6 heteroatoms. The van der Waals surface area contributed by atoms with Gasteiger partial charge < -0.3 is 10.6 Å². The smallest absolute Gasteiger partial charge is 0.134 e. The lowest BCUT2D eigenvalue weighted by Crippen LogP contribution is -2.15. The first-order chi connectivity index (χ1) is 10.1. The van der Waals surface area contributed by atoms with Gasteiger partial charge in [0, 0.05) is 31.3 Å². The van der Waals surface area contributed by atoms with E-state index in [1.54, 1.807) is 0 Å². The Morgan fingerprint density at radius 3 is 2.38 bits per heavy atom. The maximum Gasteiger partial charge on any atom is 0.134 e. The van der Waals surface area contributed by atoms with Crippen LogP contribution in [-0.2, 0) is 13.0 Å². The highest BCUT2D eigenvalue weighted by Crippen LogP contribution is 2.20. The summed E-state index contributed by atoms with van der Waals surface area (Å²) in [5.41, 5.74) is 2.24. The summed E-state index contributed by atoms with van der Waals surface area (Å²) in [5, 5.41) is 11.0. The third kappa shape index (κ3) is 3.93. The third-order valence-corrected chi connectivity index (χ3v) is 3.25. The first-order valence-corrected chi connectivity index (χ1v) is 7.48. The Labute approximate surface area is 126 Å². The van der Waals surface area contributed by atoms with Gasteiger partial charge in [-0.15, -0.1) is 0 Å². The fraction of sp³-hybridized carbons (Fsp3) is 0.533. The largest absolute Gasteiger partial charge is 0.370 e. The van der Waals surface area contributed by atoms with Gasteiger partial charge in [-0.3, -0.25) is 4.68 Å². The van der Waals surface area contributed by atoms with Gasteiger partial charge >= 0.3 is 0 Å². The molecule has 21 heavy (non-hydrogen) atoms. The summed E-state index contributed by atoms with van der Waals surface area (Å²) in [5.74, 6) is 2.68. The molecule has 0 atom stereocenters. The minimum atomic E-state index is 0.785. The van der Waals surface area contributed by atoms with E-state index in [-0.39, 0.29) is 0 Å². The molecule has 0 spiro atoms. The molecule has 114 valence electrons. The molecule has 0 saturated heterocycles. The molecule has 0 aliphatic carbocycles. The normalized spacial score (nSPS) is 10.7. The van der Waals surface area contributed by atoms with Gasteiger partial charge in [0.15, 0.2) is 0 Å². The Balaban J connectivity index is 2.05. The quantitative estimate of drug-likeness (QED) is 0.819. The predicted molar refractivity (Wildman–Crippen MR) is 85.8 cm³/mol. The molecule has 0 amide bonds. The van der Waals surface area contributed by atoms with Crippen LogP contribution in [0, 0.1) is 13.8 Å². The zero-order valence-corrected chi connectivity index (χ0v) is 13.3. The number of nitrogens with zero attached hydrogens (tertiary/aromatic N) is 4. The van der Waals surface area contributed by atoms with Crippen LogP contribution >= 0.6 is 0 Å². The average Bonchev–Trinajstić information content (AvgIpc) is 2.88. The summed E-state index contributed by atoms with van der Waals surface area (Å²) in [6.45, 7) is 10.7. The molecule has 0 aliphatic rings. The second-order valence-electron chi connectivity index (χ2n) is 5.05. The number of hydrogen-bond acceptors (Lipinski definition) is 5. The van der Waals surface area contributed by atoms with E-state index in [2.05, 4.69) is 39.5 Å². The minimum Gasteiger partial charge on any atom is -0.370 e. The van der Waals surface area contributed by atoms with Crippen LogP contribution in [0.25, 0.3) is 0 Å². The summed E-state index contributed by atoms with van der Waals surface area (Å²) in [6, 6.07) is 0. The Morgan fingerprint density at radius 1 is 1.10 bits per heavy atom. The van der Waals surface area contributed by atoms with Crippen LogP contribution in [0.15, 0.2) is 12.4 Å². The summed E-state index contributed by atoms with van der Waals surface area (Å²) >= 11 is 0. The van der Waals surface area contributed by atoms with Crippen LogP contribution in [0.4, 0.5) is 11.6 Å². The molecule has 0 fully saturated rings. The highest BCUT2D eigenvalue weighted by molar-refractivity contribution is 5.57. The first kappa shape index (κ1) is 15.3. The second-order valence-corrected chi connectivity index (χ2v) is 5.05. The van der Waals surface area contributed by atoms with Gasteiger partial charge in [0.05, 0.1) is 12.7 Å². The molecule has 0 aliphatic heterocycles. The standard InChI is InChI=1S/C15H24N6/c1-5-13-19-14(16-6-2)12(4)15(20-13)17-7-8-21-10-11(3)9-18-21/h9-10H,5-8H2,1-4H3,(H2,16,17,19,20). The number of hydrogen-bond donors (Lipinski definition) is 2. The van der Waals surface area contributed by atoms with Crippen molar-refractivity contribution < 1.29 is 0 Å². The van der Waals surface area contributed by atoms with Crippen molar-refractivity contribution in [3.05, 3.63) is 29.3 Å². The van der Waals surface area contributed by atoms with Crippen LogP contribution in [0.1, 0.15) is 30.8 Å². The van der Waals surface area contributed by atoms with E-state index >= 15 is 0 Å². The van der Waals surface area contributed by atoms with Gasteiger partial charge in [-0.2, -0.15) is 5.10 Å². The lowest BCUT2D eigenvalue weighted by Gasteiger charge is -2.14. The van der Waals surface area contributed by atoms with Crippen LogP contribution < -0.4 is 10.6 Å². The molecule has 0 bridgehead atoms. The lowest BCUT2D eigenvalue weighted by atomic mass is 10.3. The molecule has 2 N–H and O–H groups in total. The zero-order valence-electron chi connectivity index (χ0n) is 13.3. The monoisotopic (exact) mass is 288 g/mol. The van der Waals surface area contributed by atoms with Crippen molar-refractivity contribution in [1.82, 2.24) is 19.7 Å². The SMILES string of the molecule is CCNc1nc(CC)nc(NCCn2cc(C)cn2)c1C. The molecule has 0 unspecified atom stereocenters. The van der Waals surface area contributed by atoms with Crippen LogP contribution in [0.2, 0.25) is 0 Å². The van der Waals surface area contributed by atoms with E-state index in [0.717, 1.165) is 49.1 Å². The molecule has 6 nitrogen and oxygen atoms in total. The summed E-state index contributed by atoms with van der Waals surface area (Å²) in [4.78, 5) is 9.11. The maximum atomic E-state index is 4.58. The van der Waals surface area contributed by atoms with Crippen molar-refractivity contribution in [2.24, 2.45) is 0 Å². The Morgan fingerprint density at radius 2 is 1.81 bits per heavy atom. The van der Waals surface area contributed by atoms with Gasteiger partial charge in [0.1, 0.15) is 17.5 Å². The molecular weight excluding hydrogens is 264 g/mol. The van der Waals surface area contributed by atoms with Crippen molar-refractivity contribution in [3.63, 3.8) is 0 Å². The highest BCUT2D eigenvalue weighted by atomic mass is 15.3. The summed E-state index contributed by atoms with van der Waals surface area (Å²) < 4.78 is 1.94. The molecule has 2 aromatic rings. The second kappa shape index (κ2) is 7.06.